The smallest absolute Gasteiger partial charge is 0.266 e. The van der Waals surface area contributed by atoms with E-state index in [4.69, 9.17) is 4.74 Å². The number of nitrogens with one attached hydrogen (secondary N) is 1. The van der Waals surface area contributed by atoms with Gasteiger partial charge in [-0.25, -0.2) is 13.8 Å². The number of fused-ring (bicyclic) bond motifs is 2. The van der Waals surface area contributed by atoms with Gasteiger partial charge in [0.05, 0.1) is 35.0 Å². The fourth-order valence-corrected chi connectivity index (χ4v) is 4.76. The molecular weight excluding hydrogens is 460 g/mol. The molecule has 1 aliphatic rings. The molecular formula is C25H19F2N3O3S. The largest absolute Gasteiger partial charge is 0.493 e. The van der Waals surface area contributed by atoms with Gasteiger partial charge in [-0.05, 0) is 30.3 Å². The molecule has 6 nitrogen and oxygen atoms in total. The Kier molecular flexibility index (Phi) is 6.02. The summed E-state index contributed by atoms with van der Waals surface area (Å²) in [4.78, 5) is 30.5. The third kappa shape index (κ3) is 4.26. The van der Waals surface area contributed by atoms with Crippen molar-refractivity contribution in [2.24, 2.45) is 0 Å². The highest BCUT2D eigenvalue weighted by Crippen LogP contribution is 2.31. The molecule has 1 unspecified atom stereocenters. The topological polar surface area (TPSA) is 73.2 Å². The van der Waals surface area contributed by atoms with Crippen LogP contribution >= 0.6 is 11.8 Å². The molecule has 0 saturated carbocycles. The van der Waals surface area contributed by atoms with Crippen molar-refractivity contribution in [1.29, 1.82) is 0 Å². The predicted molar refractivity (Wildman–Crippen MR) is 125 cm³/mol. The average molecular weight is 480 g/mol. The highest BCUT2D eigenvalue weighted by atomic mass is 32.2. The van der Waals surface area contributed by atoms with Crippen molar-refractivity contribution in [3.8, 4) is 11.4 Å². The number of ether oxygens (including phenoxy) is 1. The molecule has 4 aromatic rings. The van der Waals surface area contributed by atoms with Gasteiger partial charge in [-0.1, -0.05) is 42.1 Å². The first kappa shape index (κ1) is 22.1. The fourth-order valence-electron chi connectivity index (χ4n) is 3.94. The summed E-state index contributed by atoms with van der Waals surface area (Å²) in [5.74, 6) is -1.23. The Balaban J connectivity index is 1.45. The summed E-state index contributed by atoms with van der Waals surface area (Å²) in [5, 5.41) is 3.42. The summed E-state index contributed by atoms with van der Waals surface area (Å²) >= 11 is 1.01. The standard InChI is InChI=1S/C25H19F2N3O3S/c26-15-9-10-21(18(27)13-15)30-24(32)17-6-1-3-7-19(17)29-25(30)34-14-23(31)28-20-11-12-33-22-8-4-2-5-16(20)22/h1-10,13,20H,11-12,14H2,(H,28,31). The number of thioether (sulfide) groups is 1. The fraction of sp³-hybridized carbons (Fsp3) is 0.160. The van der Waals surface area contributed by atoms with E-state index in [1.807, 2.05) is 24.3 Å². The molecule has 34 heavy (non-hydrogen) atoms. The lowest BCUT2D eigenvalue weighted by Gasteiger charge is -2.26. The maximum absolute atomic E-state index is 14.6. The van der Waals surface area contributed by atoms with Crippen LogP contribution in [0.2, 0.25) is 0 Å². The van der Waals surface area contributed by atoms with Crippen molar-refractivity contribution in [2.45, 2.75) is 17.6 Å². The number of amides is 1. The Morgan fingerprint density at radius 2 is 1.91 bits per heavy atom. The van der Waals surface area contributed by atoms with Crippen molar-refractivity contribution < 1.29 is 18.3 Å². The van der Waals surface area contributed by atoms with Crippen LogP contribution in [0.4, 0.5) is 8.78 Å². The second kappa shape index (κ2) is 9.26. The summed E-state index contributed by atoms with van der Waals surface area (Å²) in [6, 6.07) is 17.0. The Labute approximate surface area is 197 Å². The third-order valence-electron chi connectivity index (χ3n) is 5.52. The molecule has 1 atom stereocenters. The molecule has 2 heterocycles. The van der Waals surface area contributed by atoms with Gasteiger partial charge >= 0.3 is 0 Å². The third-order valence-corrected chi connectivity index (χ3v) is 6.46. The van der Waals surface area contributed by atoms with Crippen molar-refractivity contribution in [3.63, 3.8) is 0 Å². The van der Waals surface area contributed by atoms with E-state index in [0.717, 1.165) is 33.7 Å². The van der Waals surface area contributed by atoms with E-state index in [1.54, 1.807) is 24.3 Å². The molecule has 0 saturated heterocycles. The van der Waals surface area contributed by atoms with Crippen LogP contribution in [-0.4, -0.2) is 27.8 Å². The molecule has 0 bridgehead atoms. The Morgan fingerprint density at radius 1 is 1.12 bits per heavy atom. The molecule has 172 valence electrons. The van der Waals surface area contributed by atoms with Crippen molar-refractivity contribution in [3.05, 3.63) is 94.3 Å². The molecule has 0 spiro atoms. The summed E-state index contributed by atoms with van der Waals surface area (Å²) < 4.78 is 34.8. The number of nitrogens with zero attached hydrogens (tertiary/aromatic N) is 2. The molecule has 1 amide bonds. The number of carbonyl (C=O) groups excluding carboxylic acids is 1. The predicted octanol–water partition coefficient (Wildman–Crippen LogP) is 4.40. The summed E-state index contributed by atoms with van der Waals surface area (Å²) in [6.07, 6.45) is 0.632. The number of hydrogen-bond donors (Lipinski definition) is 1. The van der Waals surface area contributed by atoms with Gasteiger partial charge < -0.3 is 10.1 Å². The van der Waals surface area contributed by atoms with Gasteiger partial charge in [-0.15, -0.1) is 0 Å². The zero-order chi connectivity index (χ0) is 23.7. The minimum Gasteiger partial charge on any atom is -0.493 e. The number of para-hydroxylation sites is 2. The number of hydrogen-bond acceptors (Lipinski definition) is 5. The van der Waals surface area contributed by atoms with Crippen LogP contribution < -0.4 is 15.6 Å². The molecule has 9 heteroatoms. The number of rotatable bonds is 5. The van der Waals surface area contributed by atoms with E-state index in [1.165, 1.54) is 6.07 Å². The van der Waals surface area contributed by atoms with Gasteiger partial charge in [0.15, 0.2) is 5.16 Å². The maximum Gasteiger partial charge on any atom is 0.266 e. The number of halogens is 2. The zero-order valence-electron chi connectivity index (χ0n) is 17.8. The molecule has 0 fully saturated rings. The Morgan fingerprint density at radius 3 is 2.76 bits per heavy atom. The van der Waals surface area contributed by atoms with Crippen molar-refractivity contribution in [2.75, 3.05) is 12.4 Å². The van der Waals surface area contributed by atoms with Crippen LogP contribution in [0.5, 0.6) is 5.75 Å². The maximum atomic E-state index is 14.6. The lowest BCUT2D eigenvalue weighted by atomic mass is 10.0. The Hall–Kier alpha value is -3.72. The molecule has 1 N–H and O–H groups in total. The Bertz CT molecular complexity index is 1460. The first-order valence-corrected chi connectivity index (χ1v) is 11.6. The van der Waals surface area contributed by atoms with E-state index in [0.29, 0.717) is 30.0 Å². The second-order valence-corrected chi connectivity index (χ2v) is 8.67. The van der Waals surface area contributed by atoms with Gasteiger partial charge in [0, 0.05) is 18.1 Å². The molecule has 1 aromatic heterocycles. The van der Waals surface area contributed by atoms with Crippen LogP contribution in [-0.2, 0) is 4.79 Å². The van der Waals surface area contributed by atoms with E-state index in [2.05, 4.69) is 10.3 Å². The molecule has 5 rings (SSSR count). The van der Waals surface area contributed by atoms with Crippen LogP contribution in [0.15, 0.2) is 76.7 Å². The quantitative estimate of drug-likeness (QED) is 0.339. The van der Waals surface area contributed by atoms with E-state index < -0.39 is 17.2 Å². The lowest BCUT2D eigenvalue weighted by Crippen LogP contribution is -2.33. The minimum atomic E-state index is -0.899. The van der Waals surface area contributed by atoms with E-state index in [9.17, 15) is 18.4 Å². The zero-order valence-corrected chi connectivity index (χ0v) is 18.6. The molecule has 1 aliphatic heterocycles. The van der Waals surface area contributed by atoms with Crippen LogP contribution in [0.3, 0.4) is 0 Å². The summed E-state index contributed by atoms with van der Waals surface area (Å²) in [7, 11) is 0. The SMILES string of the molecule is O=C(CSc1nc2ccccc2c(=O)n1-c1ccc(F)cc1F)NC1CCOc2ccccc21. The van der Waals surface area contributed by atoms with E-state index >= 15 is 0 Å². The second-order valence-electron chi connectivity index (χ2n) is 7.73. The molecule has 0 radical (unpaired) electrons. The number of carbonyl (C=O) groups is 1. The monoisotopic (exact) mass is 479 g/mol. The van der Waals surface area contributed by atoms with Crippen molar-refractivity contribution in [1.82, 2.24) is 14.9 Å². The average Bonchev–Trinajstić information content (AvgIpc) is 2.84. The minimum absolute atomic E-state index is 0.0485. The summed E-state index contributed by atoms with van der Waals surface area (Å²) in [5.41, 5.74) is 0.692. The van der Waals surface area contributed by atoms with Gasteiger partial charge in [0.2, 0.25) is 5.91 Å². The summed E-state index contributed by atoms with van der Waals surface area (Å²) in [6.45, 7) is 0.491. The first-order valence-electron chi connectivity index (χ1n) is 10.6. The van der Waals surface area contributed by atoms with Crippen LogP contribution in [0.25, 0.3) is 16.6 Å². The number of aromatic nitrogens is 2. The highest BCUT2D eigenvalue weighted by molar-refractivity contribution is 7.99. The van der Waals surface area contributed by atoms with Crippen LogP contribution in [0.1, 0.15) is 18.0 Å². The first-order chi connectivity index (χ1) is 16.5. The normalized spacial score (nSPS) is 14.9. The van der Waals surface area contributed by atoms with Crippen LogP contribution in [0, 0.1) is 11.6 Å². The van der Waals surface area contributed by atoms with Gasteiger partial charge in [-0.2, -0.15) is 0 Å². The molecule has 0 aliphatic carbocycles. The van der Waals surface area contributed by atoms with Crippen molar-refractivity contribution >= 4 is 28.6 Å². The lowest BCUT2D eigenvalue weighted by molar-refractivity contribution is -0.119. The number of benzene rings is 3. The van der Waals surface area contributed by atoms with E-state index in [-0.39, 0.29) is 28.5 Å². The van der Waals surface area contributed by atoms with Gasteiger partial charge in [0.25, 0.3) is 5.56 Å². The highest BCUT2D eigenvalue weighted by Gasteiger charge is 2.23. The molecule has 3 aromatic carbocycles. The van der Waals surface area contributed by atoms with Gasteiger partial charge in [0.1, 0.15) is 17.4 Å². The van der Waals surface area contributed by atoms with Gasteiger partial charge in [-0.3, -0.25) is 14.2 Å².